The number of thioether (sulfide) groups is 1. The largest absolute Gasteiger partial charge is 0.325 e. The van der Waals surface area contributed by atoms with Gasteiger partial charge in [-0.25, -0.2) is 4.98 Å². The number of nitro groups is 1. The number of nitro benzene ring substituents is 1. The van der Waals surface area contributed by atoms with Crippen molar-refractivity contribution in [2.45, 2.75) is 19.0 Å². The molecule has 0 saturated heterocycles. The Kier molecular flexibility index (Phi) is 6.23. The van der Waals surface area contributed by atoms with Crippen molar-refractivity contribution in [1.29, 1.82) is 0 Å². The van der Waals surface area contributed by atoms with Crippen molar-refractivity contribution in [2.24, 2.45) is 0 Å². The van der Waals surface area contributed by atoms with Crippen LogP contribution in [-0.4, -0.2) is 26.1 Å². The van der Waals surface area contributed by atoms with Gasteiger partial charge >= 0.3 is 0 Å². The van der Waals surface area contributed by atoms with Gasteiger partial charge in [0.1, 0.15) is 0 Å². The Bertz CT molecular complexity index is 1430. The second-order valence-electron chi connectivity index (χ2n) is 7.48. The monoisotopic (exact) mass is 460 g/mol. The molecule has 33 heavy (non-hydrogen) atoms. The Hall–Kier alpha value is -3.98. The molecule has 0 spiro atoms. The van der Waals surface area contributed by atoms with Gasteiger partial charge in [-0.15, -0.1) is 0 Å². The van der Waals surface area contributed by atoms with Crippen LogP contribution in [0.3, 0.4) is 0 Å². The molecule has 0 fully saturated rings. The van der Waals surface area contributed by atoms with Gasteiger partial charge in [0.2, 0.25) is 5.91 Å². The SMILES string of the molecule is Cc1ccc(C)c(-n2c(SCC(=O)Nc3ccc([N+](=O)[O-])cc3)nc3ccccc3c2=O)c1. The number of anilines is 1. The molecule has 0 aliphatic rings. The third-order valence-corrected chi connectivity index (χ3v) is 5.98. The highest BCUT2D eigenvalue weighted by atomic mass is 32.2. The fourth-order valence-electron chi connectivity index (χ4n) is 3.38. The number of hydrogen-bond donors (Lipinski definition) is 1. The lowest BCUT2D eigenvalue weighted by atomic mass is 10.1. The van der Waals surface area contributed by atoms with Crippen molar-refractivity contribution in [3.05, 3.63) is 98.3 Å². The first-order chi connectivity index (χ1) is 15.8. The maximum Gasteiger partial charge on any atom is 0.269 e. The second kappa shape index (κ2) is 9.25. The van der Waals surface area contributed by atoms with Gasteiger partial charge in [0.25, 0.3) is 11.2 Å². The number of nitrogens with one attached hydrogen (secondary N) is 1. The Balaban J connectivity index is 1.65. The van der Waals surface area contributed by atoms with E-state index in [2.05, 4.69) is 10.3 Å². The van der Waals surface area contributed by atoms with Crippen LogP contribution in [0.1, 0.15) is 11.1 Å². The number of para-hydroxylation sites is 1. The number of rotatable bonds is 6. The van der Waals surface area contributed by atoms with Crippen molar-refractivity contribution >= 4 is 39.9 Å². The van der Waals surface area contributed by atoms with E-state index in [1.165, 1.54) is 24.3 Å². The fourth-order valence-corrected chi connectivity index (χ4v) is 4.18. The van der Waals surface area contributed by atoms with E-state index in [0.717, 1.165) is 28.6 Å². The third kappa shape index (κ3) is 4.78. The predicted molar refractivity (Wildman–Crippen MR) is 129 cm³/mol. The molecule has 1 amide bonds. The molecule has 1 N–H and O–H groups in total. The van der Waals surface area contributed by atoms with Gasteiger partial charge in [0, 0.05) is 17.8 Å². The topological polar surface area (TPSA) is 107 Å². The number of carbonyl (C=O) groups is 1. The predicted octanol–water partition coefficient (Wildman–Crippen LogP) is 4.64. The number of carbonyl (C=O) groups excluding carboxylic acids is 1. The molecule has 0 aliphatic heterocycles. The Labute approximate surface area is 193 Å². The number of nitrogens with zero attached hydrogens (tertiary/aromatic N) is 3. The third-order valence-electron chi connectivity index (χ3n) is 5.04. The van der Waals surface area contributed by atoms with Crippen LogP contribution in [-0.2, 0) is 4.79 Å². The maximum absolute atomic E-state index is 13.4. The smallest absolute Gasteiger partial charge is 0.269 e. The number of amides is 1. The minimum atomic E-state index is -0.501. The lowest BCUT2D eigenvalue weighted by molar-refractivity contribution is -0.384. The zero-order valence-corrected chi connectivity index (χ0v) is 18.8. The summed E-state index contributed by atoms with van der Waals surface area (Å²) >= 11 is 1.15. The summed E-state index contributed by atoms with van der Waals surface area (Å²) in [6.07, 6.45) is 0. The molecule has 0 aliphatic carbocycles. The van der Waals surface area contributed by atoms with Gasteiger partial charge in [0.05, 0.1) is 27.3 Å². The number of aromatic nitrogens is 2. The fraction of sp³-hybridized carbons (Fsp3) is 0.125. The lowest BCUT2D eigenvalue weighted by Gasteiger charge is -2.15. The molecule has 4 aromatic rings. The van der Waals surface area contributed by atoms with Crippen LogP contribution in [0.4, 0.5) is 11.4 Å². The molecule has 166 valence electrons. The number of aryl methyl sites for hydroxylation is 2. The average Bonchev–Trinajstić information content (AvgIpc) is 2.80. The lowest BCUT2D eigenvalue weighted by Crippen LogP contribution is -2.23. The summed E-state index contributed by atoms with van der Waals surface area (Å²) in [5, 5.41) is 14.4. The Morgan fingerprint density at radius 2 is 1.82 bits per heavy atom. The molecular weight excluding hydrogens is 440 g/mol. The molecule has 4 rings (SSSR count). The van der Waals surface area contributed by atoms with Gasteiger partial charge in [0.15, 0.2) is 5.16 Å². The van der Waals surface area contributed by atoms with Crippen LogP contribution in [0.2, 0.25) is 0 Å². The summed E-state index contributed by atoms with van der Waals surface area (Å²) in [4.78, 5) is 40.9. The van der Waals surface area contributed by atoms with E-state index in [1.54, 1.807) is 22.8 Å². The molecule has 1 aromatic heterocycles. The minimum Gasteiger partial charge on any atom is -0.325 e. The summed E-state index contributed by atoms with van der Waals surface area (Å²) in [6, 6.07) is 18.6. The normalized spacial score (nSPS) is 10.8. The maximum atomic E-state index is 13.4. The standard InChI is InChI=1S/C24H20N4O4S/c1-15-7-8-16(2)21(13-15)27-23(30)19-5-3-4-6-20(19)26-24(27)33-14-22(29)25-17-9-11-18(12-10-17)28(31)32/h3-13H,14H2,1-2H3,(H,25,29). The Morgan fingerprint density at radius 3 is 2.55 bits per heavy atom. The van der Waals surface area contributed by atoms with E-state index < -0.39 is 4.92 Å². The van der Waals surface area contributed by atoms with E-state index in [4.69, 9.17) is 0 Å². The number of benzene rings is 3. The highest BCUT2D eigenvalue weighted by molar-refractivity contribution is 7.99. The zero-order chi connectivity index (χ0) is 23.5. The minimum absolute atomic E-state index is 0.00658. The van der Waals surface area contributed by atoms with Crippen LogP contribution in [0.15, 0.2) is 76.7 Å². The van der Waals surface area contributed by atoms with Crippen molar-refractivity contribution in [2.75, 3.05) is 11.1 Å². The van der Waals surface area contributed by atoms with Crippen molar-refractivity contribution < 1.29 is 9.72 Å². The number of fused-ring (bicyclic) bond motifs is 1. The zero-order valence-electron chi connectivity index (χ0n) is 17.9. The van der Waals surface area contributed by atoms with E-state index in [0.29, 0.717) is 21.7 Å². The molecule has 1 heterocycles. The molecule has 0 unspecified atom stereocenters. The van der Waals surface area contributed by atoms with Crippen LogP contribution < -0.4 is 10.9 Å². The molecule has 0 saturated carbocycles. The van der Waals surface area contributed by atoms with Gasteiger partial charge in [-0.2, -0.15) is 0 Å². The Morgan fingerprint density at radius 1 is 1.09 bits per heavy atom. The summed E-state index contributed by atoms with van der Waals surface area (Å²) in [5.74, 6) is -0.309. The van der Waals surface area contributed by atoms with Crippen molar-refractivity contribution in [3.8, 4) is 5.69 Å². The van der Waals surface area contributed by atoms with Crippen LogP contribution >= 0.6 is 11.8 Å². The molecule has 9 heteroatoms. The van der Waals surface area contributed by atoms with E-state index in [9.17, 15) is 19.7 Å². The second-order valence-corrected chi connectivity index (χ2v) is 8.43. The number of non-ortho nitro benzene ring substituents is 1. The molecule has 3 aromatic carbocycles. The highest BCUT2D eigenvalue weighted by Gasteiger charge is 2.16. The van der Waals surface area contributed by atoms with Gasteiger partial charge in [-0.1, -0.05) is 36.0 Å². The summed E-state index contributed by atoms with van der Waals surface area (Å²) in [6.45, 7) is 3.87. The molecule has 0 bridgehead atoms. The van der Waals surface area contributed by atoms with Gasteiger partial charge in [-0.3, -0.25) is 24.3 Å². The van der Waals surface area contributed by atoms with Crippen molar-refractivity contribution in [3.63, 3.8) is 0 Å². The van der Waals surface area contributed by atoms with Crippen LogP contribution in [0, 0.1) is 24.0 Å². The van der Waals surface area contributed by atoms with Crippen molar-refractivity contribution in [1.82, 2.24) is 9.55 Å². The first kappa shape index (κ1) is 22.2. The highest BCUT2D eigenvalue weighted by Crippen LogP contribution is 2.24. The van der Waals surface area contributed by atoms with E-state index in [-0.39, 0.29) is 22.9 Å². The average molecular weight is 461 g/mol. The first-order valence-corrected chi connectivity index (χ1v) is 11.1. The number of hydrogen-bond acceptors (Lipinski definition) is 6. The van der Waals surface area contributed by atoms with Gasteiger partial charge < -0.3 is 5.32 Å². The molecule has 0 radical (unpaired) electrons. The van der Waals surface area contributed by atoms with E-state index >= 15 is 0 Å². The summed E-state index contributed by atoms with van der Waals surface area (Å²) < 4.78 is 1.55. The molecular formula is C24H20N4O4S. The summed E-state index contributed by atoms with van der Waals surface area (Å²) in [5.41, 5.74) is 3.38. The molecule has 0 atom stereocenters. The van der Waals surface area contributed by atoms with E-state index in [1.807, 2.05) is 38.1 Å². The quantitative estimate of drug-likeness (QED) is 0.194. The summed E-state index contributed by atoms with van der Waals surface area (Å²) in [7, 11) is 0. The van der Waals surface area contributed by atoms with Crippen LogP contribution in [0.25, 0.3) is 16.6 Å². The first-order valence-electron chi connectivity index (χ1n) is 10.1. The molecule has 8 nitrogen and oxygen atoms in total. The van der Waals surface area contributed by atoms with Crippen LogP contribution in [0.5, 0.6) is 0 Å². The van der Waals surface area contributed by atoms with Gasteiger partial charge in [-0.05, 0) is 55.3 Å².